The molecule has 4 nitrogen and oxygen atoms in total. The smallest absolute Gasteiger partial charge is 0.161 e. The molecule has 0 aliphatic rings. The molecule has 0 spiro atoms. The van der Waals surface area contributed by atoms with E-state index in [4.69, 9.17) is 26.2 Å². The van der Waals surface area contributed by atoms with Gasteiger partial charge in [0.25, 0.3) is 0 Å². The van der Waals surface area contributed by atoms with Crippen molar-refractivity contribution in [3.8, 4) is 33.1 Å². The molecule has 2 aromatic carbocycles. The lowest BCUT2D eigenvalue weighted by molar-refractivity contribution is 0.355. The van der Waals surface area contributed by atoms with Crippen LogP contribution in [0.15, 0.2) is 42.5 Å². The van der Waals surface area contributed by atoms with Gasteiger partial charge in [-0.3, -0.25) is 0 Å². The lowest BCUT2D eigenvalue weighted by Crippen LogP contribution is -1.92. The molecule has 136 valence electrons. The molecule has 0 bridgehead atoms. The van der Waals surface area contributed by atoms with E-state index in [1.165, 1.54) is 0 Å². The van der Waals surface area contributed by atoms with Crippen molar-refractivity contribution in [3.05, 3.63) is 51.9 Å². The number of benzene rings is 2. The zero-order chi connectivity index (χ0) is 18.7. The number of hydrogen-bond acceptors (Lipinski definition) is 6. The summed E-state index contributed by atoms with van der Waals surface area (Å²) in [5.74, 6) is 1.45. The summed E-state index contributed by atoms with van der Waals surface area (Å²) < 4.78 is 31.5. The highest BCUT2D eigenvalue weighted by Crippen LogP contribution is 2.43. The largest absolute Gasteiger partial charge is 0.493 e. The van der Waals surface area contributed by atoms with Crippen molar-refractivity contribution in [2.75, 3.05) is 14.2 Å². The van der Waals surface area contributed by atoms with E-state index >= 15 is 0 Å². The van der Waals surface area contributed by atoms with E-state index in [0.29, 0.717) is 11.5 Å². The van der Waals surface area contributed by atoms with Crippen molar-refractivity contribution in [1.29, 1.82) is 0 Å². The van der Waals surface area contributed by atoms with E-state index in [-0.39, 0.29) is 5.75 Å². The molecule has 0 radical (unpaired) electrons. The molecule has 3 rings (SSSR count). The Labute approximate surface area is 166 Å². The Kier molecular flexibility index (Phi) is 6.20. The Hall–Kier alpha value is -1.58. The van der Waals surface area contributed by atoms with Crippen molar-refractivity contribution in [1.82, 2.24) is 0 Å². The first kappa shape index (κ1) is 19.2. The molecule has 8 heteroatoms. The van der Waals surface area contributed by atoms with E-state index in [1.54, 1.807) is 34.9 Å². The first-order valence-electron chi connectivity index (χ1n) is 7.55. The molecule has 1 heterocycles. The monoisotopic (exact) mass is 424 g/mol. The van der Waals surface area contributed by atoms with E-state index in [1.807, 2.05) is 42.5 Å². The molecule has 1 atom stereocenters. The molecular weight excluding hydrogens is 408 g/mol. The van der Waals surface area contributed by atoms with Crippen molar-refractivity contribution >= 4 is 44.0 Å². The van der Waals surface area contributed by atoms with Crippen LogP contribution in [0.3, 0.4) is 0 Å². The number of ether oxygens (including phenoxy) is 2. The topological polar surface area (TPSA) is 55.8 Å². The first-order valence-corrected chi connectivity index (χ1v) is 11.4. The summed E-state index contributed by atoms with van der Waals surface area (Å²) in [6.45, 7) is 0. The van der Waals surface area contributed by atoms with E-state index in [9.17, 15) is 4.21 Å². The maximum absolute atomic E-state index is 11.0. The van der Waals surface area contributed by atoms with Gasteiger partial charge in [-0.1, -0.05) is 63.2 Å². The SMILES string of the molecule is COc1ccc(-c2c(-c3ccc(CS(=O)O)cc3)ssc2=S)cc1OC. The first-order chi connectivity index (χ1) is 12.5. The molecule has 0 amide bonds. The van der Waals surface area contributed by atoms with Gasteiger partial charge in [0.05, 0.1) is 24.8 Å². The van der Waals surface area contributed by atoms with Gasteiger partial charge in [0.15, 0.2) is 22.6 Å². The highest BCUT2D eigenvalue weighted by atomic mass is 32.9. The fourth-order valence-corrected chi connectivity index (χ4v) is 5.98. The highest BCUT2D eigenvalue weighted by molar-refractivity contribution is 7.80. The highest BCUT2D eigenvalue weighted by Gasteiger charge is 2.15. The molecule has 0 saturated heterocycles. The maximum Gasteiger partial charge on any atom is 0.161 e. The molecule has 1 aromatic heterocycles. The van der Waals surface area contributed by atoms with Crippen molar-refractivity contribution in [2.45, 2.75) is 5.75 Å². The quantitative estimate of drug-likeness (QED) is 0.317. The summed E-state index contributed by atoms with van der Waals surface area (Å²) in [4.78, 5) is 1.07. The molecule has 0 fully saturated rings. The Balaban J connectivity index is 2.05. The van der Waals surface area contributed by atoms with Crippen molar-refractivity contribution < 1.29 is 18.2 Å². The van der Waals surface area contributed by atoms with Gasteiger partial charge in [-0.2, -0.15) is 0 Å². The molecule has 0 aliphatic heterocycles. The van der Waals surface area contributed by atoms with Gasteiger partial charge < -0.3 is 14.0 Å². The summed E-state index contributed by atoms with van der Waals surface area (Å²) in [7, 11) is 6.39. The van der Waals surface area contributed by atoms with Gasteiger partial charge in [-0.15, -0.1) is 0 Å². The van der Waals surface area contributed by atoms with Crippen LogP contribution in [0.25, 0.3) is 21.6 Å². The van der Waals surface area contributed by atoms with Crippen LogP contribution in [0.4, 0.5) is 0 Å². The molecule has 1 unspecified atom stereocenters. The predicted molar refractivity (Wildman–Crippen MR) is 111 cm³/mol. The summed E-state index contributed by atoms with van der Waals surface area (Å²) in [6.07, 6.45) is 0. The van der Waals surface area contributed by atoms with Crippen LogP contribution in [0.5, 0.6) is 11.5 Å². The van der Waals surface area contributed by atoms with Crippen molar-refractivity contribution in [2.24, 2.45) is 0 Å². The zero-order valence-corrected chi connectivity index (χ0v) is 17.3. The van der Waals surface area contributed by atoms with Crippen LogP contribution >= 0.6 is 32.9 Å². The summed E-state index contributed by atoms with van der Waals surface area (Å²) in [5.41, 5.74) is 3.82. The van der Waals surface area contributed by atoms with Crippen LogP contribution in [0.2, 0.25) is 0 Å². The second kappa shape index (κ2) is 8.41. The van der Waals surface area contributed by atoms with Gasteiger partial charge in [-0.05, 0) is 28.8 Å². The number of hydrogen-bond donors (Lipinski definition) is 1. The van der Waals surface area contributed by atoms with Gasteiger partial charge in [-0.25, -0.2) is 4.21 Å². The molecule has 1 N–H and O–H groups in total. The number of rotatable bonds is 6. The minimum absolute atomic E-state index is 0.127. The average molecular weight is 425 g/mol. The Morgan fingerprint density at radius 1 is 1.00 bits per heavy atom. The second-order valence-electron chi connectivity index (χ2n) is 5.39. The van der Waals surface area contributed by atoms with Gasteiger partial charge in [0, 0.05) is 5.56 Å². The van der Waals surface area contributed by atoms with Crippen LogP contribution in [-0.4, -0.2) is 23.0 Å². The van der Waals surface area contributed by atoms with Gasteiger partial charge >= 0.3 is 0 Å². The van der Waals surface area contributed by atoms with Crippen molar-refractivity contribution in [3.63, 3.8) is 0 Å². The maximum atomic E-state index is 11.0. The Morgan fingerprint density at radius 2 is 1.65 bits per heavy atom. The predicted octanol–water partition coefficient (Wildman–Crippen LogP) is 5.61. The van der Waals surface area contributed by atoms with Gasteiger partial charge in [0.1, 0.15) is 3.82 Å². The van der Waals surface area contributed by atoms with E-state index < -0.39 is 11.1 Å². The van der Waals surface area contributed by atoms with E-state index in [2.05, 4.69) is 0 Å². The molecular formula is C18H16O4S4. The van der Waals surface area contributed by atoms with Crippen LogP contribution in [0.1, 0.15) is 5.56 Å². The summed E-state index contributed by atoms with van der Waals surface area (Å²) in [5, 5.41) is 0. The third-order valence-corrected chi connectivity index (χ3v) is 7.46. The summed E-state index contributed by atoms with van der Waals surface area (Å²) in [6, 6.07) is 13.4. The van der Waals surface area contributed by atoms with Crippen LogP contribution in [0, 0.1) is 3.82 Å². The zero-order valence-electron chi connectivity index (χ0n) is 14.1. The standard InChI is InChI=1S/C18H16O4S4/c1-21-14-8-7-13(9-15(14)22-2)16-17(24-25-18(16)23)12-5-3-11(4-6-12)10-26(19)20/h3-9H,10H2,1-2H3,(H,19,20). The molecule has 3 aromatic rings. The number of methoxy groups -OCH3 is 2. The third kappa shape index (κ3) is 4.05. The third-order valence-electron chi connectivity index (χ3n) is 3.81. The fourth-order valence-electron chi connectivity index (χ4n) is 2.58. The Bertz CT molecular complexity index is 989. The Morgan fingerprint density at radius 3 is 2.27 bits per heavy atom. The van der Waals surface area contributed by atoms with Crippen LogP contribution in [-0.2, 0) is 16.8 Å². The fraction of sp³-hybridized carbons (Fsp3) is 0.167. The molecule has 26 heavy (non-hydrogen) atoms. The average Bonchev–Trinajstić information content (AvgIpc) is 3.02. The van der Waals surface area contributed by atoms with Crippen LogP contribution < -0.4 is 9.47 Å². The second-order valence-corrected chi connectivity index (χ2v) is 9.14. The summed E-state index contributed by atoms with van der Waals surface area (Å²) >= 11 is 3.72. The minimum atomic E-state index is -1.84. The lowest BCUT2D eigenvalue weighted by Gasteiger charge is -2.10. The van der Waals surface area contributed by atoms with E-state index in [0.717, 1.165) is 31.0 Å². The molecule has 0 saturated carbocycles. The minimum Gasteiger partial charge on any atom is -0.493 e. The molecule has 0 aliphatic carbocycles. The lowest BCUT2D eigenvalue weighted by atomic mass is 10.0. The normalized spacial score (nSPS) is 12.0. The van der Waals surface area contributed by atoms with Gasteiger partial charge in [0.2, 0.25) is 0 Å².